The third kappa shape index (κ3) is 3.21. The summed E-state index contributed by atoms with van der Waals surface area (Å²) < 4.78 is 6.09. The fourth-order valence-electron chi connectivity index (χ4n) is 4.21. The minimum Gasteiger partial charge on any atom is -0.369 e. The predicted molar refractivity (Wildman–Crippen MR) is 78.1 cm³/mol. The smallest absolute Gasteiger partial charge is 0.142 e. The molecule has 0 N–H and O–H groups in total. The van der Waals surface area contributed by atoms with Crippen LogP contribution in [0.2, 0.25) is 0 Å². The van der Waals surface area contributed by atoms with Gasteiger partial charge in [-0.25, -0.2) is 0 Å². The van der Waals surface area contributed by atoms with E-state index < -0.39 is 0 Å². The van der Waals surface area contributed by atoms with Gasteiger partial charge in [0, 0.05) is 11.8 Å². The van der Waals surface area contributed by atoms with Crippen LogP contribution in [0.15, 0.2) is 0 Å². The van der Waals surface area contributed by atoms with Crippen molar-refractivity contribution in [2.45, 2.75) is 84.3 Å². The van der Waals surface area contributed by atoms with Crippen molar-refractivity contribution in [1.82, 2.24) is 0 Å². The van der Waals surface area contributed by atoms with Crippen molar-refractivity contribution in [3.8, 4) is 0 Å². The highest BCUT2D eigenvalue weighted by atomic mass is 16.5. The van der Waals surface area contributed by atoms with Crippen molar-refractivity contribution >= 4 is 5.78 Å². The average Bonchev–Trinajstić information content (AvgIpc) is 2.56. The van der Waals surface area contributed by atoms with Gasteiger partial charge in [-0.1, -0.05) is 26.2 Å². The van der Waals surface area contributed by atoms with Crippen molar-refractivity contribution in [2.75, 3.05) is 0 Å². The number of ketones is 1. The lowest BCUT2D eigenvalue weighted by molar-refractivity contribution is -0.134. The molecule has 0 amide bonds. The molecule has 0 aromatic carbocycles. The predicted octanol–water partition coefficient (Wildman–Crippen LogP) is 4.37. The van der Waals surface area contributed by atoms with Crippen LogP contribution < -0.4 is 0 Å². The Morgan fingerprint density at radius 1 is 1.21 bits per heavy atom. The SMILES string of the molecule is CCC1CCCC(C(=O)C2CC(C)(C)OC2(C)C)C1. The molecule has 0 aromatic heterocycles. The maximum atomic E-state index is 12.9. The number of carbonyl (C=O) groups excluding carboxylic acids is 1. The van der Waals surface area contributed by atoms with E-state index in [1.54, 1.807) is 0 Å². The third-order valence-electron chi connectivity index (χ3n) is 5.18. The van der Waals surface area contributed by atoms with Crippen LogP contribution in [-0.4, -0.2) is 17.0 Å². The normalized spacial score (nSPS) is 37.2. The maximum Gasteiger partial charge on any atom is 0.142 e. The summed E-state index contributed by atoms with van der Waals surface area (Å²) >= 11 is 0. The first kappa shape index (κ1) is 15.0. The Kier molecular flexibility index (Phi) is 4.11. The molecule has 1 aliphatic carbocycles. The zero-order valence-corrected chi connectivity index (χ0v) is 13.3. The molecule has 2 aliphatic rings. The molecule has 1 saturated carbocycles. The molecule has 1 heterocycles. The molecular weight excluding hydrogens is 236 g/mol. The molecule has 2 nitrogen and oxygen atoms in total. The van der Waals surface area contributed by atoms with Crippen LogP contribution >= 0.6 is 0 Å². The Labute approximate surface area is 118 Å². The highest BCUT2D eigenvalue weighted by molar-refractivity contribution is 5.85. The second kappa shape index (κ2) is 5.20. The number of Topliss-reactive ketones (excluding diaryl/α,β-unsaturated/α-hetero) is 1. The third-order valence-corrected chi connectivity index (χ3v) is 5.18. The van der Waals surface area contributed by atoms with E-state index in [0.29, 0.717) is 11.7 Å². The van der Waals surface area contributed by atoms with E-state index in [4.69, 9.17) is 4.74 Å². The Morgan fingerprint density at radius 2 is 1.89 bits per heavy atom. The number of ether oxygens (including phenoxy) is 1. The zero-order chi connectivity index (χ0) is 14.3. The lowest BCUT2D eigenvalue weighted by Crippen LogP contribution is -2.38. The molecule has 2 fully saturated rings. The van der Waals surface area contributed by atoms with Crippen molar-refractivity contribution in [3.05, 3.63) is 0 Å². The summed E-state index contributed by atoms with van der Waals surface area (Å²) in [6, 6.07) is 0. The molecule has 0 spiro atoms. The Morgan fingerprint density at radius 3 is 2.42 bits per heavy atom. The van der Waals surface area contributed by atoms with Gasteiger partial charge in [-0.2, -0.15) is 0 Å². The number of hydrogen-bond acceptors (Lipinski definition) is 2. The topological polar surface area (TPSA) is 26.3 Å². The highest BCUT2D eigenvalue weighted by Gasteiger charge is 2.50. The van der Waals surface area contributed by atoms with Gasteiger partial charge in [0.2, 0.25) is 0 Å². The highest BCUT2D eigenvalue weighted by Crippen LogP contribution is 2.45. The van der Waals surface area contributed by atoms with Gasteiger partial charge in [-0.3, -0.25) is 4.79 Å². The first-order chi connectivity index (χ1) is 8.75. The number of hydrogen-bond donors (Lipinski definition) is 0. The summed E-state index contributed by atoms with van der Waals surface area (Å²) in [4.78, 5) is 12.9. The molecule has 1 saturated heterocycles. The van der Waals surface area contributed by atoms with Crippen molar-refractivity contribution in [1.29, 1.82) is 0 Å². The van der Waals surface area contributed by atoms with E-state index in [-0.39, 0.29) is 17.1 Å². The fourth-order valence-corrected chi connectivity index (χ4v) is 4.21. The van der Waals surface area contributed by atoms with Crippen LogP contribution in [0.25, 0.3) is 0 Å². The molecule has 110 valence electrons. The summed E-state index contributed by atoms with van der Waals surface area (Å²) in [6.07, 6.45) is 6.86. The molecular formula is C17H30O2. The minimum absolute atomic E-state index is 0.0862. The number of carbonyl (C=O) groups is 1. The van der Waals surface area contributed by atoms with Crippen LogP contribution in [0, 0.1) is 17.8 Å². The summed E-state index contributed by atoms with van der Waals surface area (Å²) in [5.41, 5.74) is -0.442. The maximum absolute atomic E-state index is 12.9. The van der Waals surface area contributed by atoms with E-state index in [1.807, 2.05) is 0 Å². The summed E-state index contributed by atoms with van der Waals surface area (Å²) in [6.45, 7) is 10.6. The number of rotatable bonds is 3. The fraction of sp³-hybridized carbons (Fsp3) is 0.941. The molecule has 3 atom stereocenters. The molecule has 0 bridgehead atoms. The molecule has 3 unspecified atom stereocenters. The molecule has 2 rings (SSSR count). The van der Waals surface area contributed by atoms with Crippen molar-refractivity contribution < 1.29 is 9.53 Å². The first-order valence-corrected chi connectivity index (χ1v) is 7.99. The Hall–Kier alpha value is -0.370. The van der Waals surface area contributed by atoms with E-state index in [9.17, 15) is 4.79 Å². The standard InChI is InChI=1S/C17H30O2/c1-6-12-8-7-9-13(10-12)15(18)14-11-16(2,3)19-17(14,4)5/h12-14H,6-11H2,1-5H3. The van der Waals surface area contributed by atoms with Crippen molar-refractivity contribution in [3.63, 3.8) is 0 Å². The summed E-state index contributed by atoms with van der Waals surface area (Å²) in [5.74, 6) is 1.62. The molecule has 0 aromatic rings. The first-order valence-electron chi connectivity index (χ1n) is 7.99. The van der Waals surface area contributed by atoms with E-state index in [2.05, 4.69) is 34.6 Å². The van der Waals surface area contributed by atoms with Gasteiger partial charge >= 0.3 is 0 Å². The summed E-state index contributed by atoms with van der Waals surface area (Å²) in [5, 5.41) is 0. The average molecular weight is 266 g/mol. The van der Waals surface area contributed by atoms with Gasteiger partial charge in [0.25, 0.3) is 0 Å². The second-order valence-corrected chi connectivity index (χ2v) is 7.76. The molecule has 2 heteroatoms. The van der Waals surface area contributed by atoms with Gasteiger partial charge in [0.05, 0.1) is 11.2 Å². The van der Waals surface area contributed by atoms with Gasteiger partial charge < -0.3 is 4.74 Å². The van der Waals surface area contributed by atoms with Crippen LogP contribution in [0.5, 0.6) is 0 Å². The second-order valence-electron chi connectivity index (χ2n) is 7.76. The lowest BCUT2D eigenvalue weighted by atomic mass is 9.72. The Balaban J connectivity index is 2.07. The van der Waals surface area contributed by atoms with Crippen LogP contribution in [0.3, 0.4) is 0 Å². The lowest BCUT2D eigenvalue weighted by Gasteiger charge is -2.32. The monoisotopic (exact) mass is 266 g/mol. The van der Waals surface area contributed by atoms with Gasteiger partial charge in [0.15, 0.2) is 0 Å². The van der Waals surface area contributed by atoms with E-state index in [1.165, 1.54) is 19.3 Å². The molecule has 0 radical (unpaired) electrons. The Bertz CT molecular complexity index is 343. The molecule has 19 heavy (non-hydrogen) atoms. The van der Waals surface area contributed by atoms with Crippen LogP contribution in [-0.2, 0) is 9.53 Å². The minimum atomic E-state index is -0.292. The van der Waals surface area contributed by atoms with E-state index in [0.717, 1.165) is 25.2 Å². The largest absolute Gasteiger partial charge is 0.369 e. The van der Waals surface area contributed by atoms with Crippen molar-refractivity contribution in [2.24, 2.45) is 17.8 Å². The van der Waals surface area contributed by atoms with Gasteiger partial charge in [-0.15, -0.1) is 0 Å². The van der Waals surface area contributed by atoms with Crippen LogP contribution in [0.4, 0.5) is 0 Å². The quantitative estimate of drug-likeness (QED) is 0.758. The van der Waals surface area contributed by atoms with E-state index >= 15 is 0 Å². The molecule has 1 aliphatic heterocycles. The zero-order valence-electron chi connectivity index (χ0n) is 13.3. The van der Waals surface area contributed by atoms with Gasteiger partial charge in [-0.05, 0) is 52.9 Å². The van der Waals surface area contributed by atoms with Gasteiger partial charge in [0.1, 0.15) is 5.78 Å². The summed E-state index contributed by atoms with van der Waals surface area (Å²) in [7, 11) is 0. The van der Waals surface area contributed by atoms with Crippen LogP contribution in [0.1, 0.15) is 73.1 Å².